The lowest BCUT2D eigenvalue weighted by atomic mass is 10.0. The maximum Gasteiger partial charge on any atom is 0.328 e. The number of carboxylic acids is 1. The number of nitrogens with one attached hydrogen (secondary N) is 3. The normalized spacial score (nSPS) is 14.7. The average Bonchev–Trinajstić information content (AvgIpc) is 2.74. The van der Waals surface area contributed by atoms with Gasteiger partial charge in [-0.1, -0.05) is 30.3 Å². The van der Waals surface area contributed by atoms with E-state index in [1.807, 2.05) is 5.32 Å². The van der Waals surface area contributed by atoms with Gasteiger partial charge in [0.25, 0.3) is 0 Å². The van der Waals surface area contributed by atoms with Gasteiger partial charge in [-0.05, 0) is 5.56 Å². The van der Waals surface area contributed by atoms with Crippen molar-refractivity contribution >= 4 is 23.7 Å². The van der Waals surface area contributed by atoms with Crippen LogP contribution in [0.5, 0.6) is 0 Å². The molecule has 30 heavy (non-hydrogen) atoms. The SMILES string of the molecule is NC(CO)C(=O)NC(Cc1ccccc1)C(=O)NC(CO)C(=O)NC(CO)C(=O)O. The number of aliphatic hydroxyl groups excluding tert-OH is 3. The van der Waals surface area contributed by atoms with Crippen LogP contribution in [0.1, 0.15) is 5.56 Å². The fraction of sp³-hybridized carbons (Fsp3) is 0.444. The number of hydrogen-bond acceptors (Lipinski definition) is 8. The van der Waals surface area contributed by atoms with E-state index in [0.29, 0.717) is 5.56 Å². The van der Waals surface area contributed by atoms with Gasteiger partial charge in [-0.25, -0.2) is 4.79 Å². The molecule has 0 aliphatic rings. The lowest BCUT2D eigenvalue weighted by Gasteiger charge is -2.24. The van der Waals surface area contributed by atoms with Crippen LogP contribution >= 0.6 is 0 Å². The van der Waals surface area contributed by atoms with Gasteiger partial charge in [-0.15, -0.1) is 0 Å². The summed E-state index contributed by atoms with van der Waals surface area (Å²) in [7, 11) is 0. The van der Waals surface area contributed by atoms with Crippen molar-refractivity contribution < 1.29 is 39.6 Å². The fourth-order valence-corrected chi connectivity index (χ4v) is 2.34. The Morgan fingerprint density at radius 2 is 1.27 bits per heavy atom. The number of hydrogen-bond donors (Lipinski definition) is 8. The van der Waals surface area contributed by atoms with E-state index in [-0.39, 0.29) is 6.42 Å². The van der Waals surface area contributed by atoms with Crippen LogP contribution in [0.2, 0.25) is 0 Å². The number of aliphatic carboxylic acids is 1. The summed E-state index contributed by atoms with van der Waals surface area (Å²) >= 11 is 0. The van der Waals surface area contributed by atoms with Gasteiger partial charge in [0.1, 0.15) is 24.2 Å². The van der Waals surface area contributed by atoms with Crippen LogP contribution in [-0.2, 0) is 25.6 Å². The monoisotopic (exact) mass is 426 g/mol. The van der Waals surface area contributed by atoms with E-state index in [0.717, 1.165) is 0 Å². The van der Waals surface area contributed by atoms with E-state index < -0.39 is 67.7 Å². The molecule has 0 saturated carbocycles. The van der Waals surface area contributed by atoms with Crippen LogP contribution in [0.25, 0.3) is 0 Å². The highest BCUT2D eigenvalue weighted by atomic mass is 16.4. The third-order valence-corrected chi connectivity index (χ3v) is 4.06. The Kier molecular flexibility index (Phi) is 10.4. The van der Waals surface area contributed by atoms with Gasteiger partial charge in [-0.3, -0.25) is 14.4 Å². The second-order valence-electron chi connectivity index (χ2n) is 6.37. The molecule has 0 aliphatic heterocycles. The predicted molar refractivity (Wildman–Crippen MR) is 103 cm³/mol. The summed E-state index contributed by atoms with van der Waals surface area (Å²) in [5, 5.41) is 42.9. The first kappa shape index (κ1) is 25.0. The third-order valence-electron chi connectivity index (χ3n) is 4.06. The minimum absolute atomic E-state index is 0.0186. The molecule has 4 atom stereocenters. The highest BCUT2D eigenvalue weighted by Gasteiger charge is 2.29. The number of rotatable bonds is 12. The molecule has 12 heteroatoms. The number of carboxylic acid groups (broad SMARTS) is 1. The van der Waals surface area contributed by atoms with Crippen molar-refractivity contribution in [3.63, 3.8) is 0 Å². The zero-order valence-electron chi connectivity index (χ0n) is 16.0. The Bertz CT molecular complexity index is 730. The number of amides is 3. The molecule has 0 aromatic heterocycles. The first-order chi connectivity index (χ1) is 14.2. The van der Waals surface area contributed by atoms with Gasteiger partial charge in [0, 0.05) is 6.42 Å². The molecule has 0 heterocycles. The first-order valence-electron chi connectivity index (χ1n) is 8.99. The molecule has 12 nitrogen and oxygen atoms in total. The maximum atomic E-state index is 12.7. The van der Waals surface area contributed by atoms with Crippen LogP contribution in [0.3, 0.4) is 0 Å². The van der Waals surface area contributed by atoms with Gasteiger partial charge in [-0.2, -0.15) is 0 Å². The summed E-state index contributed by atoms with van der Waals surface area (Å²) in [6, 6.07) is 2.97. The molecular weight excluding hydrogens is 400 g/mol. The van der Waals surface area contributed by atoms with Crippen LogP contribution < -0.4 is 21.7 Å². The highest BCUT2D eigenvalue weighted by Crippen LogP contribution is 2.04. The van der Waals surface area contributed by atoms with E-state index in [1.165, 1.54) is 0 Å². The molecule has 166 valence electrons. The number of benzene rings is 1. The first-order valence-corrected chi connectivity index (χ1v) is 8.99. The third kappa shape index (κ3) is 7.75. The molecule has 9 N–H and O–H groups in total. The molecule has 4 unspecified atom stereocenters. The molecule has 0 radical (unpaired) electrons. The van der Waals surface area contributed by atoms with Crippen molar-refractivity contribution in [1.29, 1.82) is 0 Å². The van der Waals surface area contributed by atoms with Crippen LogP contribution in [-0.4, -0.2) is 88.1 Å². The summed E-state index contributed by atoms with van der Waals surface area (Å²) in [6.07, 6.45) is 0.0186. The van der Waals surface area contributed by atoms with Gasteiger partial charge in [0.05, 0.1) is 19.8 Å². The van der Waals surface area contributed by atoms with Gasteiger partial charge >= 0.3 is 5.97 Å². The summed E-state index contributed by atoms with van der Waals surface area (Å²) in [5.74, 6) is -4.18. The topological polar surface area (TPSA) is 211 Å². The van der Waals surface area contributed by atoms with Crippen molar-refractivity contribution in [3.05, 3.63) is 35.9 Å². The Hall–Kier alpha value is -3.06. The minimum atomic E-state index is -1.62. The molecule has 0 aliphatic carbocycles. The molecule has 1 rings (SSSR count). The fourth-order valence-electron chi connectivity index (χ4n) is 2.34. The molecule has 0 saturated heterocycles. The van der Waals surface area contributed by atoms with Crippen molar-refractivity contribution in [3.8, 4) is 0 Å². The van der Waals surface area contributed by atoms with Gasteiger partial charge < -0.3 is 42.1 Å². The minimum Gasteiger partial charge on any atom is -0.480 e. The molecule has 3 amide bonds. The van der Waals surface area contributed by atoms with Crippen LogP contribution in [0.15, 0.2) is 30.3 Å². The van der Waals surface area contributed by atoms with Crippen molar-refractivity contribution in [2.24, 2.45) is 5.73 Å². The molecule has 0 fully saturated rings. The van der Waals surface area contributed by atoms with Crippen molar-refractivity contribution in [2.45, 2.75) is 30.6 Å². The van der Waals surface area contributed by atoms with Gasteiger partial charge in [0.2, 0.25) is 17.7 Å². The summed E-state index contributed by atoms with van der Waals surface area (Å²) in [5.41, 5.74) is 6.13. The summed E-state index contributed by atoms with van der Waals surface area (Å²) < 4.78 is 0. The average molecular weight is 426 g/mol. The molecule has 1 aromatic carbocycles. The van der Waals surface area contributed by atoms with Crippen molar-refractivity contribution in [2.75, 3.05) is 19.8 Å². The molecular formula is C18H26N4O8. The zero-order chi connectivity index (χ0) is 22.7. The maximum absolute atomic E-state index is 12.7. The smallest absolute Gasteiger partial charge is 0.328 e. The summed E-state index contributed by atoms with van der Waals surface area (Å²) in [4.78, 5) is 47.8. The Morgan fingerprint density at radius 1 is 0.767 bits per heavy atom. The van der Waals surface area contributed by atoms with E-state index in [9.17, 15) is 24.3 Å². The Labute approximate surface area is 172 Å². The number of aliphatic hydroxyl groups is 3. The van der Waals surface area contributed by atoms with Gasteiger partial charge in [0.15, 0.2) is 0 Å². The van der Waals surface area contributed by atoms with E-state index >= 15 is 0 Å². The summed E-state index contributed by atoms with van der Waals surface area (Å²) in [6.45, 7) is -2.40. The Balaban J connectivity index is 2.93. The Morgan fingerprint density at radius 3 is 1.77 bits per heavy atom. The predicted octanol–water partition coefficient (Wildman–Crippen LogP) is -3.93. The molecule has 0 bridgehead atoms. The highest BCUT2D eigenvalue weighted by molar-refractivity contribution is 5.94. The number of nitrogens with two attached hydrogens (primary N) is 1. The van der Waals surface area contributed by atoms with Crippen LogP contribution in [0, 0.1) is 0 Å². The van der Waals surface area contributed by atoms with Crippen molar-refractivity contribution in [1.82, 2.24) is 16.0 Å². The zero-order valence-corrected chi connectivity index (χ0v) is 16.0. The number of carbonyl (C=O) groups is 4. The standard InChI is InChI=1S/C18H26N4O8/c19-11(7-23)15(26)20-12(6-10-4-2-1-3-5-10)16(27)21-13(8-24)17(28)22-14(9-25)18(29)30/h1-5,11-14,23-25H,6-9,19H2,(H,20,26)(H,21,27)(H,22,28)(H,29,30). The van der Waals surface area contributed by atoms with E-state index in [4.69, 9.17) is 21.1 Å². The lowest BCUT2D eigenvalue weighted by molar-refractivity contribution is -0.143. The largest absolute Gasteiger partial charge is 0.480 e. The van der Waals surface area contributed by atoms with E-state index in [2.05, 4.69) is 10.6 Å². The molecule has 0 spiro atoms. The second-order valence-corrected chi connectivity index (χ2v) is 6.37. The quantitative estimate of drug-likeness (QED) is 0.164. The lowest BCUT2D eigenvalue weighted by Crippen LogP contribution is -2.59. The molecule has 1 aromatic rings. The second kappa shape index (κ2) is 12.5. The van der Waals surface area contributed by atoms with E-state index in [1.54, 1.807) is 30.3 Å². The number of carbonyl (C=O) groups excluding carboxylic acids is 3. The van der Waals surface area contributed by atoms with Crippen LogP contribution in [0.4, 0.5) is 0 Å².